The summed E-state index contributed by atoms with van der Waals surface area (Å²) in [5.41, 5.74) is 0.685. The van der Waals surface area contributed by atoms with Gasteiger partial charge in [0.15, 0.2) is 5.92 Å². The van der Waals surface area contributed by atoms with Crippen molar-refractivity contribution in [2.45, 2.75) is 32.7 Å². The number of carboxylic acids is 2. The van der Waals surface area contributed by atoms with Crippen molar-refractivity contribution in [2.75, 3.05) is 6.61 Å². The SMILES string of the molecule is CCCC(C(C(=O)O)C(=O)O)N1C(=O)C(=Cc2ccccc2OCC)SC1=S. The molecule has 0 spiro atoms. The fraction of sp³-hybridized carbons (Fsp3) is 0.368. The lowest BCUT2D eigenvalue weighted by Gasteiger charge is -2.29. The molecule has 0 radical (unpaired) electrons. The molecule has 0 aromatic heterocycles. The number of ether oxygens (including phenoxy) is 1. The summed E-state index contributed by atoms with van der Waals surface area (Å²) in [7, 11) is 0. The molecule has 1 fully saturated rings. The molecule has 1 heterocycles. The van der Waals surface area contributed by atoms with E-state index in [1.54, 1.807) is 31.2 Å². The Morgan fingerprint density at radius 3 is 2.46 bits per heavy atom. The van der Waals surface area contributed by atoms with Crippen molar-refractivity contribution in [1.29, 1.82) is 0 Å². The smallest absolute Gasteiger partial charge is 0.320 e. The average Bonchev–Trinajstić information content (AvgIpc) is 2.89. The lowest BCUT2D eigenvalue weighted by atomic mass is 9.94. The molecule has 0 bridgehead atoms. The lowest BCUT2D eigenvalue weighted by Crippen LogP contribution is -2.48. The standard InChI is InChI=1S/C19H21NO6S2/c1-3-7-12(15(17(22)23)18(24)25)20-16(21)14(28-19(20)27)10-11-8-5-6-9-13(11)26-4-2/h5-6,8-10,12,15H,3-4,7H2,1-2H3,(H,22,23)(H,24,25). The van der Waals surface area contributed by atoms with Crippen LogP contribution in [0.15, 0.2) is 29.2 Å². The summed E-state index contributed by atoms with van der Waals surface area (Å²) in [6, 6.07) is 6.13. The van der Waals surface area contributed by atoms with Crippen LogP contribution in [0.4, 0.5) is 0 Å². The van der Waals surface area contributed by atoms with Crippen molar-refractivity contribution in [1.82, 2.24) is 4.90 Å². The first-order valence-electron chi connectivity index (χ1n) is 8.76. The second kappa shape index (κ2) is 9.70. The van der Waals surface area contributed by atoms with E-state index in [-0.39, 0.29) is 10.7 Å². The number of aliphatic carboxylic acids is 2. The first-order chi connectivity index (χ1) is 13.3. The summed E-state index contributed by atoms with van der Waals surface area (Å²) in [4.78, 5) is 37.4. The molecule has 2 N–H and O–H groups in total. The van der Waals surface area contributed by atoms with Gasteiger partial charge in [-0.25, -0.2) is 0 Å². The summed E-state index contributed by atoms with van der Waals surface area (Å²) in [5, 5.41) is 18.7. The molecule has 1 aromatic rings. The zero-order valence-corrected chi connectivity index (χ0v) is 17.1. The van der Waals surface area contributed by atoms with E-state index in [0.717, 1.165) is 16.7 Å². The summed E-state index contributed by atoms with van der Waals surface area (Å²) in [6.45, 7) is 4.10. The third-order valence-electron chi connectivity index (χ3n) is 4.16. The normalized spacial score (nSPS) is 16.7. The van der Waals surface area contributed by atoms with Crippen LogP contribution < -0.4 is 4.74 Å². The van der Waals surface area contributed by atoms with Gasteiger partial charge in [0.1, 0.15) is 10.1 Å². The first-order valence-corrected chi connectivity index (χ1v) is 9.98. The first kappa shape index (κ1) is 21.9. The number of thiocarbonyl (C=S) groups is 1. The van der Waals surface area contributed by atoms with Crippen LogP contribution >= 0.6 is 24.0 Å². The van der Waals surface area contributed by atoms with Gasteiger partial charge in [0, 0.05) is 5.56 Å². The Bertz CT molecular complexity index is 808. The van der Waals surface area contributed by atoms with Gasteiger partial charge in [-0.15, -0.1) is 0 Å². The van der Waals surface area contributed by atoms with Crippen LogP contribution in [0.25, 0.3) is 6.08 Å². The minimum atomic E-state index is -1.75. The molecule has 150 valence electrons. The molecule has 2 rings (SSSR count). The number of para-hydroxylation sites is 1. The maximum atomic E-state index is 13.0. The van der Waals surface area contributed by atoms with E-state index in [0.29, 0.717) is 29.2 Å². The van der Waals surface area contributed by atoms with Crippen LogP contribution in [-0.4, -0.2) is 49.9 Å². The molecule has 1 unspecified atom stereocenters. The molecule has 28 heavy (non-hydrogen) atoms. The molecule has 0 aliphatic carbocycles. The van der Waals surface area contributed by atoms with E-state index in [1.165, 1.54) is 0 Å². The van der Waals surface area contributed by atoms with Gasteiger partial charge in [-0.2, -0.15) is 0 Å². The molecule has 1 atom stereocenters. The zero-order chi connectivity index (χ0) is 20.8. The highest BCUT2D eigenvalue weighted by atomic mass is 32.2. The Morgan fingerprint density at radius 1 is 1.25 bits per heavy atom. The fourth-order valence-electron chi connectivity index (χ4n) is 2.97. The summed E-state index contributed by atoms with van der Waals surface area (Å²) in [5.74, 6) is -4.63. The van der Waals surface area contributed by atoms with E-state index in [1.807, 2.05) is 13.0 Å². The highest BCUT2D eigenvalue weighted by molar-refractivity contribution is 8.26. The van der Waals surface area contributed by atoms with Gasteiger partial charge in [-0.05, 0) is 25.5 Å². The minimum absolute atomic E-state index is 0.149. The number of hydrogen-bond acceptors (Lipinski definition) is 6. The van der Waals surface area contributed by atoms with Crippen molar-refractivity contribution in [3.63, 3.8) is 0 Å². The summed E-state index contributed by atoms with van der Waals surface area (Å²) < 4.78 is 5.71. The molecular weight excluding hydrogens is 402 g/mol. The van der Waals surface area contributed by atoms with E-state index < -0.39 is 29.8 Å². The highest BCUT2D eigenvalue weighted by Crippen LogP contribution is 2.37. The maximum Gasteiger partial charge on any atom is 0.320 e. The molecule has 1 amide bonds. The third kappa shape index (κ3) is 4.71. The molecular formula is C19H21NO6S2. The number of carbonyl (C=O) groups excluding carboxylic acids is 1. The molecule has 1 aliphatic rings. The van der Waals surface area contributed by atoms with Gasteiger partial charge in [-0.1, -0.05) is 55.5 Å². The van der Waals surface area contributed by atoms with Crippen molar-refractivity contribution >= 4 is 52.2 Å². The number of carbonyl (C=O) groups is 3. The topological polar surface area (TPSA) is 104 Å². The Hall–Kier alpha value is -2.39. The number of carboxylic acid groups (broad SMARTS) is 2. The van der Waals surface area contributed by atoms with Gasteiger partial charge in [0.05, 0.1) is 17.6 Å². The predicted molar refractivity (Wildman–Crippen MR) is 110 cm³/mol. The number of benzene rings is 1. The Morgan fingerprint density at radius 2 is 1.89 bits per heavy atom. The number of nitrogens with zero attached hydrogens (tertiary/aromatic N) is 1. The van der Waals surface area contributed by atoms with Crippen LogP contribution in [0.3, 0.4) is 0 Å². The number of thioether (sulfide) groups is 1. The van der Waals surface area contributed by atoms with E-state index >= 15 is 0 Å². The second-order valence-corrected chi connectivity index (χ2v) is 7.71. The number of amides is 1. The molecule has 1 saturated heterocycles. The van der Waals surface area contributed by atoms with Crippen LogP contribution in [0.5, 0.6) is 5.75 Å². The largest absolute Gasteiger partial charge is 0.493 e. The lowest BCUT2D eigenvalue weighted by molar-refractivity contribution is -0.157. The molecule has 1 aromatic carbocycles. The van der Waals surface area contributed by atoms with Gasteiger partial charge >= 0.3 is 11.9 Å². The van der Waals surface area contributed by atoms with Crippen molar-refractivity contribution in [3.8, 4) is 5.75 Å². The quantitative estimate of drug-likeness (QED) is 0.354. The van der Waals surface area contributed by atoms with Crippen LogP contribution in [0.1, 0.15) is 32.3 Å². The fourth-order valence-corrected chi connectivity index (χ4v) is 4.33. The van der Waals surface area contributed by atoms with Crippen LogP contribution in [0, 0.1) is 5.92 Å². The summed E-state index contributed by atoms with van der Waals surface area (Å²) in [6.07, 6.45) is 2.34. The van der Waals surface area contributed by atoms with Crippen LogP contribution in [0.2, 0.25) is 0 Å². The van der Waals surface area contributed by atoms with Crippen molar-refractivity contribution in [3.05, 3.63) is 34.7 Å². The average molecular weight is 424 g/mol. The Labute approximate surface area is 172 Å². The molecule has 9 heteroatoms. The second-order valence-electron chi connectivity index (χ2n) is 6.03. The summed E-state index contributed by atoms with van der Waals surface area (Å²) >= 11 is 6.31. The number of rotatable bonds is 9. The Kier molecular flexibility index (Phi) is 7.59. The molecule has 7 nitrogen and oxygen atoms in total. The maximum absolute atomic E-state index is 13.0. The molecule has 1 aliphatic heterocycles. The third-order valence-corrected chi connectivity index (χ3v) is 5.49. The van der Waals surface area contributed by atoms with Crippen molar-refractivity contribution in [2.24, 2.45) is 5.92 Å². The van der Waals surface area contributed by atoms with Gasteiger partial charge in [-0.3, -0.25) is 19.3 Å². The predicted octanol–water partition coefficient (Wildman–Crippen LogP) is 3.24. The molecule has 0 saturated carbocycles. The van der Waals surface area contributed by atoms with Gasteiger partial charge < -0.3 is 14.9 Å². The minimum Gasteiger partial charge on any atom is -0.493 e. The monoisotopic (exact) mass is 423 g/mol. The Balaban J connectivity index is 2.41. The van der Waals surface area contributed by atoms with Gasteiger partial charge in [0.2, 0.25) is 0 Å². The zero-order valence-electron chi connectivity index (χ0n) is 15.5. The van der Waals surface area contributed by atoms with E-state index in [2.05, 4.69) is 0 Å². The van der Waals surface area contributed by atoms with E-state index in [9.17, 15) is 24.6 Å². The van der Waals surface area contributed by atoms with Crippen molar-refractivity contribution < 1.29 is 29.3 Å². The van der Waals surface area contributed by atoms with Crippen LogP contribution in [-0.2, 0) is 14.4 Å². The van der Waals surface area contributed by atoms with Gasteiger partial charge in [0.25, 0.3) is 5.91 Å². The number of hydrogen-bond donors (Lipinski definition) is 2. The highest BCUT2D eigenvalue weighted by Gasteiger charge is 2.45. The van der Waals surface area contributed by atoms with E-state index in [4.69, 9.17) is 17.0 Å².